The van der Waals surface area contributed by atoms with Crippen molar-refractivity contribution in [3.63, 3.8) is 0 Å². The van der Waals surface area contributed by atoms with Crippen LogP contribution in [0.25, 0.3) is 0 Å². The van der Waals surface area contributed by atoms with Crippen LogP contribution in [-0.4, -0.2) is 39.1 Å². The Morgan fingerprint density at radius 3 is 2.39 bits per heavy atom. The topological polar surface area (TPSA) is 66.0 Å². The zero-order valence-corrected chi connectivity index (χ0v) is 16.6. The van der Waals surface area contributed by atoms with E-state index in [1.165, 1.54) is 5.56 Å². The van der Waals surface area contributed by atoms with Crippen LogP contribution in [0.2, 0.25) is 0 Å². The highest BCUT2D eigenvalue weighted by atomic mass is 16.5. The molecule has 6 heteroatoms. The fraction of sp³-hybridized carbons (Fsp3) is 0.364. The monoisotopic (exact) mass is 380 g/mol. The average molecular weight is 380 g/mol. The lowest BCUT2D eigenvalue weighted by Crippen LogP contribution is -2.37. The SMILES string of the molecule is CN=C(NCCc1ccc(OC)cc1)NCc1ccc(N2CCCC2=O)cc1. The fourth-order valence-corrected chi connectivity index (χ4v) is 3.24. The van der Waals surface area contributed by atoms with Crippen LogP contribution < -0.4 is 20.3 Å². The van der Waals surface area contributed by atoms with Crippen molar-refractivity contribution in [1.29, 1.82) is 0 Å². The van der Waals surface area contributed by atoms with Crippen LogP contribution in [0.5, 0.6) is 5.75 Å². The van der Waals surface area contributed by atoms with E-state index in [2.05, 4.69) is 39.9 Å². The number of guanidine groups is 1. The number of ether oxygens (including phenoxy) is 1. The molecule has 0 aromatic heterocycles. The molecule has 2 N–H and O–H groups in total. The van der Waals surface area contributed by atoms with E-state index in [-0.39, 0.29) is 5.91 Å². The zero-order chi connectivity index (χ0) is 19.8. The highest BCUT2D eigenvalue weighted by Crippen LogP contribution is 2.21. The summed E-state index contributed by atoms with van der Waals surface area (Å²) in [7, 11) is 3.44. The maximum absolute atomic E-state index is 11.8. The molecule has 2 aromatic carbocycles. The zero-order valence-electron chi connectivity index (χ0n) is 16.6. The molecule has 1 saturated heterocycles. The number of hydrogen-bond donors (Lipinski definition) is 2. The minimum absolute atomic E-state index is 0.215. The van der Waals surface area contributed by atoms with Crippen LogP contribution in [0.15, 0.2) is 53.5 Å². The number of carbonyl (C=O) groups is 1. The molecule has 1 aliphatic rings. The van der Waals surface area contributed by atoms with Crippen LogP contribution in [0, 0.1) is 0 Å². The normalized spacial score (nSPS) is 14.3. The molecule has 1 aliphatic heterocycles. The Bertz CT molecular complexity index is 800. The molecule has 0 unspecified atom stereocenters. The first kappa shape index (κ1) is 19.7. The number of anilines is 1. The van der Waals surface area contributed by atoms with E-state index in [0.29, 0.717) is 13.0 Å². The van der Waals surface area contributed by atoms with Gasteiger partial charge in [-0.3, -0.25) is 9.79 Å². The van der Waals surface area contributed by atoms with Gasteiger partial charge in [0.25, 0.3) is 0 Å². The molecule has 0 saturated carbocycles. The Morgan fingerprint density at radius 2 is 1.79 bits per heavy atom. The number of amides is 1. The van der Waals surface area contributed by atoms with Crippen LogP contribution >= 0.6 is 0 Å². The van der Waals surface area contributed by atoms with Crippen molar-refractivity contribution < 1.29 is 9.53 Å². The van der Waals surface area contributed by atoms with Crippen molar-refractivity contribution in [2.45, 2.75) is 25.8 Å². The van der Waals surface area contributed by atoms with Crippen molar-refractivity contribution in [2.75, 3.05) is 32.1 Å². The summed E-state index contributed by atoms with van der Waals surface area (Å²) in [5, 5.41) is 6.66. The third kappa shape index (κ3) is 5.25. The first-order valence-corrected chi connectivity index (χ1v) is 9.66. The van der Waals surface area contributed by atoms with Gasteiger partial charge in [-0.25, -0.2) is 0 Å². The number of rotatable bonds is 7. The second kappa shape index (κ2) is 9.78. The number of benzene rings is 2. The van der Waals surface area contributed by atoms with Crippen LogP contribution in [-0.2, 0) is 17.8 Å². The van der Waals surface area contributed by atoms with Gasteiger partial charge in [0.15, 0.2) is 5.96 Å². The molecule has 0 atom stereocenters. The lowest BCUT2D eigenvalue weighted by molar-refractivity contribution is -0.117. The summed E-state index contributed by atoms with van der Waals surface area (Å²) in [4.78, 5) is 18.0. The highest BCUT2D eigenvalue weighted by molar-refractivity contribution is 5.95. The van der Waals surface area contributed by atoms with E-state index in [1.54, 1.807) is 14.2 Å². The molecule has 0 spiro atoms. The van der Waals surface area contributed by atoms with E-state index in [4.69, 9.17) is 4.74 Å². The van der Waals surface area contributed by atoms with Gasteiger partial charge in [0, 0.05) is 38.8 Å². The molecular weight excluding hydrogens is 352 g/mol. The number of hydrogen-bond acceptors (Lipinski definition) is 3. The standard InChI is InChI=1S/C22H28N4O2/c1-23-22(24-14-13-17-7-11-20(28-2)12-8-17)25-16-18-5-9-19(10-6-18)26-15-3-4-21(26)27/h5-12H,3-4,13-16H2,1-2H3,(H2,23,24,25). The number of nitrogens with zero attached hydrogens (tertiary/aromatic N) is 2. The van der Waals surface area contributed by atoms with Gasteiger partial charge in [-0.1, -0.05) is 24.3 Å². The minimum Gasteiger partial charge on any atom is -0.497 e. The van der Waals surface area contributed by atoms with E-state index < -0.39 is 0 Å². The first-order valence-electron chi connectivity index (χ1n) is 9.66. The highest BCUT2D eigenvalue weighted by Gasteiger charge is 2.21. The molecular formula is C22H28N4O2. The molecule has 148 valence electrons. The summed E-state index contributed by atoms with van der Waals surface area (Å²) in [5.41, 5.74) is 3.37. The average Bonchev–Trinajstić information content (AvgIpc) is 3.17. The summed E-state index contributed by atoms with van der Waals surface area (Å²) in [5.74, 6) is 1.86. The Labute approximate surface area is 166 Å². The third-order valence-corrected chi connectivity index (χ3v) is 4.87. The van der Waals surface area contributed by atoms with Crippen molar-refractivity contribution in [3.8, 4) is 5.75 Å². The van der Waals surface area contributed by atoms with E-state index >= 15 is 0 Å². The summed E-state index contributed by atoms with van der Waals surface area (Å²) < 4.78 is 5.18. The molecule has 1 heterocycles. The van der Waals surface area contributed by atoms with E-state index in [0.717, 1.165) is 48.9 Å². The van der Waals surface area contributed by atoms with Gasteiger partial charge >= 0.3 is 0 Å². The first-order chi connectivity index (χ1) is 13.7. The van der Waals surface area contributed by atoms with Crippen molar-refractivity contribution in [3.05, 3.63) is 59.7 Å². The second-order valence-electron chi connectivity index (χ2n) is 6.77. The van der Waals surface area contributed by atoms with Gasteiger partial charge in [0.2, 0.25) is 5.91 Å². The largest absolute Gasteiger partial charge is 0.497 e. The maximum Gasteiger partial charge on any atom is 0.227 e. The van der Waals surface area contributed by atoms with Crippen LogP contribution in [0.1, 0.15) is 24.0 Å². The molecule has 0 radical (unpaired) electrons. The quantitative estimate of drug-likeness (QED) is 0.573. The lowest BCUT2D eigenvalue weighted by Gasteiger charge is -2.16. The number of nitrogens with one attached hydrogen (secondary N) is 2. The predicted molar refractivity (Wildman–Crippen MR) is 113 cm³/mol. The Kier molecular flexibility index (Phi) is 6.89. The summed E-state index contributed by atoms with van der Waals surface area (Å²) in [6.07, 6.45) is 2.51. The van der Waals surface area contributed by atoms with Gasteiger partial charge in [-0.05, 0) is 48.2 Å². The van der Waals surface area contributed by atoms with Gasteiger partial charge in [0.05, 0.1) is 7.11 Å². The van der Waals surface area contributed by atoms with E-state index in [9.17, 15) is 4.79 Å². The maximum atomic E-state index is 11.8. The lowest BCUT2D eigenvalue weighted by atomic mass is 10.1. The fourth-order valence-electron chi connectivity index (χ4n) is 3.24. The second-order valence-corrected chi connectivity index (χ2v) is 6.77. The van der Waals surface area contributed by atoms with Gasteiger partial charge < -0.3 is 20.3 Å². The van der Waals surface area contributed by atoms with Crippen molar-refractivity contribution >= 4 is 17.6 Å². The third-order valence-electron chi connectivity index (χ3n) is 4.87. The summed E-state index contributed by atoms with van der Waals surface area (Å²) >= 11 is 0. The van der Waals surface area contributed by atoms with E-state index in [1.807, 2.05) is 29.2 Å². The molecule has 1 fully saturated rings. The Balaban J connectivity index is 1.43. The molecule has 6 nitrogen and oxygen atoms in total. The molecule has 28 heavy (non-hydrogen) atoms. The van der Waals surface area contributed by atoms with Crippen molar-refractivity contribution in [2.24, 2.45) is 4.99 Å². The molecule has 3 rings (SSSR count). The Morgan fingerprint density at radius 1 is 1.07 bits per heavy atom. The predicted octanol–water partition coefficient (Wildman–Crippen LogP) is 2.73. The van der Waals surface area contributed by atoms with Crippen LogP contribution in [0.4, 0.5) is 5.69 Å². The van der Waals surface area contributed by atoms with Gasteiger partial charge in [-0.2, -0.15) is 0 Å². The summed E-state index contributed by atoms with van der Waals surface area (Å²) in [6, 6.07) is 16.2. The smallest absolute Gasteiger partial charge is 0.227 e. The van der Waals surface area contributed by atoms with Gasteiger partial charge in [0.1, 0.15) is 5.75 Å². The number of carbonyl (C=O) groups excluding carboxylic acids is 1. The summed E-state index contributed by atoms with van der Waals surface area (Å²) in [6.45, 7) is 2.29. The molecule has 2 aromatic rings. The van der Waals surface area contributed by atoms with Crippen LogP contribution in [0.3, 0.4) is 0 Å². The number of methoxy groups -OCH3 is 1. The minimum atomic E-state index is 0.215. The molecule has 0 aliphatic carbocycles. The number of aliphatic imine (C=N–C) groups is 1. The Hall–Kier alpha value is -3.02. The molecule has 0 bridgehead atoms. The molecule has 1 amide bonds. The van der Waals surface area contributed by atoms with Gasteiger partial charge in [-0.15, -0.1) is 0 Å². The van der Waals surface area contributed by atoms with Crippen molar-refractivity contribution in [1.82, 2.24) is 10.6 Å².